The Kier molecular flexibility index (Phi) is 6.70. The van der Waals surface area contributed by atoms with E-state index < -0.39 is 0 Å². The first kappa shape index (κ1) is 19.3. The normalized spacial score (nSPS) is 19.5. The Balaban J connectivity index is 0.00000242. The summed E-state index contributed by atoms with van der Waals surface area (Å²) in [5.74, 6) is 1.67. The van der Waals surface area contributed by atoms with Gasteiger partial charge in [0.1, 0.15) is 0 Å². The van der Waals surface area contributed by atoms with Crippen LogP contribution in [0.4, 0.5) is 0 Å². The van der Waals surface area contributed by atoms with Crippen LogP contribution >= 0.6 is 24.0 Å². The van der Waals surface area contributed by atoms with E-state index in [0.717, 1.165) is 30.7 Å². The molecule has 0 saturated heterocycles. The van der Waals surface area contributed by atoms with Crippen LogP contribution in [0, 0.1) is 25.2 Å². The Morgan fingerprint density at radius 1 is 1.36 bits per heavy atom. The fraction of sp³-hybridized carbons (Fsp3) is 0.750. The molecule has 1 fully saturated rings. The number of guanidine groups is 1. The minimum Gasteiger partial charge on any atom is -0.357 e. The number of halogens is 1. The van der Waals surface area contributed by atoms with Crippen LogP contribution in [0.15, 0.2) is 4.99 Å². The summed E-state index contributed by atoms with van der Waals surface area (Å²) in [6.07, 6.45) is 1.31. The molecule has 0 amide bonds. The Bertz CT molecular complexity index is 533. The minimum atomic E-state index is 0. The van der Waals surface area contributed by atoms with Crippen molar-refractivity contribution in [3.05, 3.63) is 17.0 Å². The van der Waals surface area contributed by atoms with Gasteiger partial charge in [0.25, 0.3) is 0 Å². The average Bonchev–Trinajstić information content (AvgIpc) is 2.94. The van der Waals surface area contributed by atoms with Crippen molar-refractivity contribution in [2.45, 2.75) is 47.6 Å². The standard InChI is InChI=1S/C16H29N5.HI/c1-7-17-15(18-9-13-8-16(13,4)5)19-10-14-11(2)20-21(6)12(14)3;/h13H,7-10H2,1-6H3,(H2,17,18,19);1H. The van der Waals surface area contributed by atoms with Gasteiger partial charge in [-0.2, -0.15) is 5.10 Å². The van der Waals surface area contributed by atoms with Crippen LogP contribution in [-0.2, 0) is 13.6 Å². The lowest BCUT2D eigenvalue weighted by molar-refractivity contribution is 0.548. The first-order chi connectivity index (χ1) is 9.85. The lowest BCUT2D eigenvalue weighted by Crippen LogP contribution is -2.38. The molecule has 0 spiro atoms. The summed E-state index contributed by atoms with van der Waals surface area (Å²) >= 11 is 0. The van der Waals surface area contributed by atoms with E-state index in [1.54, 1.807) is 0 Å². The topological polar surface area (TPSA) is 54.2 Å². The van der Waals surface area contributed by atoms with E-state index in [4.69, 9.17) is 4.99 Å². The first-order valence-corrected chi connectivity index (χ1v) is 7.86. The van der Waals surface area contributed by atoms with Crippen molar-refractivity contribution < 1.29 is 0 Å². The first-order valence-electron chi connectivity index (χ1n) is 7.86. The summed E-state index contributed by atoms with van der Waals surface area (Å²) in [6, 6.07) is 0. The number of aliphatic imine (C=N–C) groups is 1. The third kappa shape index (κ3) is 4.60. The predicted octanol–water partition coefficient (Wildman–Crippen LogP) is 2.76. The summed E-state index contributed by atoms with van der Waals surface area (Å²) in [4.78, 5) is 4.71. The number of hydrogen-bond donors (Lipinski definition) is 2. The molecule has 1 heterocycles. The molecule has 1 atom stereocenters. The van der Waals surface area contributed by atoms with Crippen molar-refractivity contribution in [1.82, 2.24) is 20.4 Å². The van der Waals surface area contributed by atoms with E-state index in [2.05, 4.69) is 43.4 Å². The van der Waals surface area contributed by atoms with Crippen molar-refractivity contribution in [2.24, 2.45) is 23.4 Å². The van der Waals surface area contributed by atoms with Gasteiger partial charge in [-0.1, -0.05) is 13.8 Å². The van der Waals surface area contributed by atoms with Gasteiger partial charge < -0.3 is 10.6 Å². The molecule has 0 bridgehead atoms. The molecule has 2 rings (SSSR count). The summed E-state index contributed by atoms with van der Waals surface area (Å²) < 4.78 is 1.92. The van der Waals surface area contributed by atoms with Crippen LogP contribution < -0.4 is 10.6 Å². The van der Waals surface area contributed by atoms with E-state index in [0.29, 0.717) is 12.0 Å². The molecular formula is C16H30IN5. The fourth-order valence-electron chi connectivity index (χ4n) is 2.69. The SMILES string of the molecule is CCNC(=NCc1c(C)nn(C)c1C)NCC1CC1(C)C.I. The number of rotatable bonds is 5. The second-order valence-electron chi connectivity index (χ2n) is 6.74. The predicted molar refractivity (Wildman–Crippen MR) is 103 cm³/mol. The fourth-order valence-corrected chi connectivity index (χ4v) is 2.69. The third-order valence-electron chi connectivity index (χ3n) is 4.63. The largest absolute Gasteiger partial charge is 0.357 e. The smallest absolute Gasteiger partial charge is 0.191 e. The second kappa shape index (κ2) is 7.66. The van der Waals surface area contributed by atoms with Crippen LogP contribution in [0.1, 0.15) is 44.1 Å². The molecule has 1 saturated carbocycles. The molecule has 0 aliphatic heterocycles. The highest BCUT2D eigenvalue weighted by Gasteiger charge is 2.45. The van der Waals surface area contributed by atoms with Gasteiger partial charge in [-0.25, -0.2) is 4.99 Å². The maximum atomic E-state index is 4.71. The van der Waals surface area contributed by atoms with E-state index >= 15 is 0 Å². The van der Waals surface area contributed by atoms with Crippen molar-refractivity contribution >= 4 is 29.9 Å². The highest BCUT2D eigenvalue weighted by molar-refractivity contribution is 14.0. The van der Waals surface area contributed by atoms with E-state index in [1.165, 1.54) is 17.7 Å². The van der Waals surface area contributed by atoms with Gasteiger partial charge in [0.2, 0.25) is 0 Å². The molecule has 1 aromatic heterocycles. The maximum Gasteiger partial charge on any atom is 0.191 e. The van der Waals surface area contributed by atoms with Crippen LogP contribution in [0.5, 0.6) is 0 Å². The Hall–Kier alpha value is -0.790. The van der Waals surface area contributed by atoms with Crippen LogP contribution in [0.25, 0.3) is 0 Å². The highest BCUT2D eigenvalue weighted by Crippen LogP contribution is 2.50. The Labute approximate surface area is 151 Å². The minimum absolute atomic E-state index is 0. The van der Waals surface area contributed by atoms with E-state index in [9.17, 15) is 0 Å². The summed E-state index contributed by atoms with van der Waals surface area (Å²) in [6.45, 7) is 13.4. The van der Waals surface area contributed by atoms with Gasteiger partial charge in [0.15, 0.2) is 5.96 Å². The molecule has 5 nitrogen and oxygen atoms in total. The molecule has 2 N–H and O–H groups in total. The molecule has 1 unspecified atom stereocenters. The van der Waals surface area contributed by atoms with E-state index in [1.807, 2.05) is 18.7 Å². The zero-order chi connectivity index (χ0) is 15.6. The molecule has 1 aliphatic carbocycles. The van der Waals surface area contributed by atoms with Crippen LogP contribution in [0.2, 0.25) is 0 Å². The average molecular weight is 419 g/mol. The highest BCUT2D eigenvalue weighted by atomic mass is 127. The zero-order valence-electron chi connectivity index (χ0n) is 14.7. The molecule has 0 radical (unpaired) electrons. The number of aromatic nitrogens is 2. The van der Waals surface area contributed by atoms with Crippen LogP contribution in [0.3, 0.4) is 0 Å². The maximum absolute atomic E-state index is 4.71. The molecular weight excluding hydrogens is 389 g/mol. The lowest BCUT2D eigenvalue weighted by atomic mass is 10.1. The van der Waals surface area contributed by atoms with Crippen molar-refractivity contribution in [2.75, 3.05) is 13.1 Å². The molecule has 1 aliphatic rings. The summed E-state index contributed by atoms with van der Waals surface area (Å²) in [5, 5.41) is 11.2. The van der Waals surface area contributed by atoms with Gasteiger partial charge in [0.05, 0.1) is 12.2 Å². The van der Waals surface area contributed by atoms with Gasteiger partial charge in [-0.05, 0) is 38.5 Å². The van der Waals surface area contributed by atoms with Gasteiger partial charge in [-0.3, -0.25) is 4.68 Å². The molecule has 0 aromatic carbocycles. The molecule has 22 heavy (non-hydrogen) atoms. The number of aryl methyl sites for hydroxylation is 2. The lowest BCUT2D eigenvalue weighted by Gasteiger charge is -2.12. The molecule has 6 heteroatoms. The van der Waals surface area contributed by atoms with Gasteiger partial charge in [0, 0.05) is 31.4 Å². The summed E-state index contributed by atoms with van der Waals surface area (Å²) in [7, 11) is 1.98. The quantitative estimate of drug-likeness (QED) is 0.439. The van der Waals surface area contributed by atoms with E-state index in [-0.39, 0.29) is 24.0 Å². The van der Waals surface area contributed by atoms with Crippen LogP contribution in [-0.4, -0.2) is 28.8 Å². The summed E-state index contributed by atoms with van der Waals surface area (Å²) in [5.41, 5.74) is 3.98. The number of hydrogen-bond acceptors (Lipinski definition) is 2. The zero-order valence-corrected chi connectivity index (χ0v) is 17.0. The second-order valence-corrected chi connectivity index (χ2v) is 6.74. The Morgan fingerprint density at radius 2 is 2.00 bits per heavy atom. The number of nitrogens with zero attached hydrogens (tertiary/aromatic N) is 3. The van der Waals surface area contributed by atoms with Crippen molar-refractivity contribution in [3.8, 4) is 0 Å². The van der Waals surface area contributed by atoms with Gasteiger partial charge >= 0.3 is 0 Å². The van der Waals surface area contributed by atoms with Crippen molar-refractivity contribution in [1.29, 1.82) is 0 Å². The number of nitrogens with one attached hydrogen (secondary N) is 2. The van der Waals surface area contributed by atoms with Crippen molar-refractivity contribution in [3.63, 3.8) is 0 Å². The monoisotopic (exact) mass is 419 g/mol. The third-order valence-corrected chi connectivity index (χ3v) is 4.63. The molecule has 126 valence electrons. The Morgan fingerprint density at radius 3 is 2.45 bits per heavy atom. The van der Waals surface area contributed by atoms with Gasteiger partial charge in [-0.15, -0.1) is 24.0 Å². The molecule has 1 aromatic rings.